The summed E-state index contributed by atoms with van der Waals surface area (Å²) in [4.78, 5) is 9.03. The quantitative estimate of drug-likeness (QED) is 0.479. The molecule has 21 heavy (non-hydrogen) atoms. The van der Waals surface area contributed by atoms with E-state index in [1.54, 1.807) is 0 Å². The second-order valence-electron chi connectivity index (χ2n) is 4.90. The van der Waals surface area contributed by atoms with E-state index in [-0.39, 0.29) is 24.0 Å². The average Bonchev–Trinajstić information content (AvgIpc) is 2.51. The molecule has 1 aliphatic rings. The normalized spacial score (nSPS) is 16.9. The Bertz CT molecular complexity index is 451. The zero-order chi connectivity index (χ0) is 14.2. The van der Waals surface area contributed by atoms with Gasteiger partial charge < -0.3 is 10.2 Å². The van der Waals surface area contributed by atoms with Gasteiger partial charge in [-0.05, 0) is 5.56 Å². The first-order chi connectivity index (χ1) is 9.83. The first-order valence-electron chi connectivity index (χ1n) is 7.17. The number of hydrogen-bond acceptors (Lipinski definition) is 2. The van der Waals surface area contributed by atoms with Crippen molar-refractivity contribution in [1.82, 2.24) is 15.1 Å². The van der Waals surface area contributed by atoms with Gasteiger partial charge in [-0.15, -0.1) is 24.0 Å². The van der Waals surface area contributed by atoms with Gasteiger partial charge in [0.15, 0.2) is 5.96 Å². The van der Waals surface area contributed by atoms with Gasteiger partial charge in [0.2, 0.25) is 0 Å². The van der Waals surface area contributed by atoms with Crippen LogP contribution in [0.2, 0.25) is 0 Å². The standard InChI is InChI=1S/C16H24N4.HI/c1-17-16(18-2)20-13-11-19(12-14-20)10-6-9-15-7-4-3-5-8-15;/h3-9H,10-14H2,1-2H3,(H,17,18);1H. The van der Waals surface area contributed by atoms with Crippen molar-refractivity contribution in [2.24, 2.45) is 4.99 Å². The molecule has 1 aromatic rings. The number of benzene rings is 1. The lowest BCUT2D eigenvalue weighted by Gasteiger charge is -2.35. The van der Waals surface area contributed by atoms with E-state index in [1.807, 2.05) is 20.2 Å². The monoisotopic (exact) mass is 400 g/mol. The van der Waals surface area contributed by atoms with E-state index in [1.165, 1.54) is 5.56 Å². The number of aliphatic imine (C=N–C) groups is 1. The Morgan fingerprint density at radius 3 is 2.43 bits per heavy atom. The molecular formula is C16H25IN4. The number of nitrogens with one attached hydrogen (secondary N) is 1. The Kier molecular flexibility index (Phi) is 8.37. The van der Waals surface area contributed by atoms with Crippen molar-refractivity contribution in [1.29, 1.82) is 0 Å². The molecule has 1 saturated heterocycles. The van der Waals surface area contributed by atoms with Crippen molar-refractivity contribution in [2.45, 2.75) is 0 Å². The Balaban J connectivity index is 0.00000220. The van der Waals surface area contributed by atoms with Crippen LogP contribution in [0.3, 0.4) is 0 Å². The van der Waals surface area contributed by atoms with Crippen molar-refractivity contribution < 1.29 is 0 Å². The molecule has 0 radical (unpaired) electrons. The SMILES string of the molecule is CN=C(NC)N1CCN(CC=Cc2ccccc2)CC1.I. The van der Waals surface area contributed by atoms with Gasteiger partial charge in [-0.2, -0.15) is 0 Å². The first-order valence-corrected chi connectivity index (χ1v) is 7.17. The first kappa shape index (κ1) is 18.0. The Hall–Kier alpha value is -1.08. The highest BCUT2D eigenvalue weighted by Gasteiger charge is 2.17. The highest BCUT2D eigenvalue weighted by Crippen LogP contribution is 2.04. The van der Waals surface area contributed by atoms with Crippen LogP contribution in [-0.4, -0.2) is 62.6 Å². The number of nitrogens with zero attached hydrogens (tertiary/aromatic N) is 3. The van der Waals surface area contributed by atoms with Gasteiger partial charge in [-0.1, -0.05) is 42.5 Å². The minimum Gasteiger partial charge on any atom is -0.359 e. The highest BCUT2D eigenvalue weighted by atomic mass is 127. The second kappa shape index (κ2) is 9.78. The fourth-order valence-corrected chi connectivity index (χ4v) is 2.46. The van der Waals surface area contributed by atoms with Gasteiger partial charge >= 0.3 is 0 Å². The lowest BCUT2D eigenvalue weighted by molar-refractivity contribution is 0.195. The van der Waals surface area contributed by atoms with Gasteiger partial charge in [0.1, 0.15) is 0 Å². The van der Waals surface area contributed by atoms with E-state index in [4.69, 9.17) is 0 Å². The molecule has 0 bridgehead atoms. The summed E-state index contributed by atoms with van der Waals surface area (Å²) in [6.45, 7) is 5.25. The molecule has 0 saturated carbocycles. The molecule has 1 heterocycles. The predicted octanol–water partition coefficient (Wildman–Crippen LogP) is 2.14. The molecule has 0 unspecified atom stereocenters. The van der Waals surface area contributed by atoms with E-state index in [2.05, 4.69) is 56.5 Å². The lowest BCUT2D eigenvalue weighted by atomic mass is 10.2. The summed E-state index contributed by atoms with van der Waals surface area (Å²) in [7, 11) is 3.76. The van der Waals surface area contributed by atoms with Crippen LogP contribution < -0.4 is 5.32 Å². The number of halogens is 1. The Morgan fingerprint density at radius 1 is 1.19 bits per heavy atom. The molecule has 116 valence electrons. The van der Waals surface area contributed by atoms with E-state index in [0.717, 1.165) is 38.7 Å². The summed E-state index contributed by atoms with van der Waals surface area (Å²) in [5.74, 6) is 0.990. The largest absolute Gasteiger partial charge is 0.359 e. The summed E-state index contributed by atoms with van der Waals surface area (Å²) < 4.78 is 0. The van der Waals surface area contributed by atoms with E-state index < -0.39 is 0 Å². The molecule has 0 atom stereocenters. The van der Waals surface area contributed by atoms with Crippen molar-refractivity contribution in [3.63, 3.8) is 0 Å². The van der Waals surface area contributed by atoms with Gasteiger partial charge in [0.05, 0.1) is 0 Å². The molecule has 2 rings (SSSR count). The third-order valence-electron chi connectivity index (χ3n) is 3.58. The summed E-state index contributed by atoms with van der Waals surface area (Å²) in [5, 5.41) is 3.14. The van der Waals surface area contributed by atoms with Crippen molar-refractivity contribution in [3.8, 4) is 0 Å². The molecule has 5 heteroatoms. The summed E-state index contributed by atoms with van der Waals surface area (Å²) in [5.41, 5.74) is 1.27. The second-order valence-corrected chi connectivity index (χ2v) is 4.90. The van der Waals surface area contributed by atoms with Crippen LogP contribution in [0.1, 0.15) is 5.56 Å². The van der Waals surface area contributed by atoms with Crippen LogP contribution >= 0.6 is 24.0 Å². The summed E-state index contributed by atoms with van der Waals surface area (Å²) >= 11 is 0. The third-order valence-corrected chi connectivity index (χ3v) is 3.58. The molecular weight excluding hydrogens is 375 g/mol. The Labute approximate surface area is 144 Å². The van der Waals surface area contributed by atoms with E-state index in [0.29, 0.717) is 0 Å². The smallest absolute Gasteiger partial charge is 0.193 e. The van der Waals surface area contributed by atoms with Crippen LogP contribution in [0.25, 0.3) is 6.08 Å². The predicted molar refractivity (Wildman–Crippen MR) is 101 cm³/mol. The minimum atomic E-state index is 0. The third kappa shape index (κ3) is 5.67. The molecule has 1 aliphatic heterocycles. The van der Waals surface area contributed by atoms with Crippen LogP contribution in [-0.2, 0) is 0 Å². The van der Waals surface area contributed by atoms with Crippen molar-refractivity contribution >= 4 is 36.0 Å². The van der Waals surface area contributed by atoms with Crippen molar-refractivity contribution in [3.05, 3.63) is 42.0 Å². The van der Waals surface area contributed by atoms with E-state index >= 15 is 0 Å². The molecule has 4 nitrogen and oxygen atoms in total. The lowest BCUT2D eigenvalue weighted by Crippen LogP contribution is -2.51. The van der Waals surface area contributed by atoms with Gasteiger partial charge in [-0.3, -0.25) is 9.89 Å². The van der Waals surface area contributed by atoms with Crippen LogP contribution in [0.4, 0.5) is 0 Å². The zero-order valence-corrected chi connectivity index (χ0v) is 15.2. The molecule has 1 N–H and O–H groups in total. The fraction of sp³-hybridized carbons (Fsp3) is 0.438. The van der Waals surface area contributed by atoms with Crippen LogP contribution in [0.5, 0.6) is 0 Å². The van der Waals surface area contributed by atoms with Gasteiger partial charge in [0, 0.05) is 46.8 Å². The van der Waals surface area contributed by atoms with Crippen molar-refractivity contribution in [2.75, 3.05) is 46.8 Å². The topological polar surface area (TPSA) is 30.9 Å². The fourth-order valence-electron chi connectivity index (χ4n) is 2.46. The average molecular weight is 400 g/mol. The maximum absolute atomic E-state index is 4.26. The summed E-state index contributed by atoms with van der Waals surface area (Å²) in [6.07, 6.45) is 4.44. The maximum atomic E-state index is 4.26. The molecule has 1 aromatic carbocycles. The van der Waals surface area contributed by atoms with Gasteiger partial charge in [0.25, 0.3) is 0 Å². The zero-order valence-electron chi connectivity index (χ0n) is 12.8. The Morgan fingerprint density at radius 2 is 1.86 bits per heavy atom. The molecule has 0 aliphatic carbocycles. The number of hydrogen-bond donors (Lipinski definition) is 1. The molecule has 0 amide bonds. The number of guanidine groups is 1. The maximum Gasteiger partial charge on any atom is 0.193 e. The molecule has 0 aromatic heterocycles. The number of piperazine rings is 1. The molecule has 0 spiro atoms. The van der Waals surface area contributed by atoms with E-state index in [9.17, 15) is 0 Å². The van der Waals surface area contributed by atoms with Crippen LogP contribution in [0.15, 0.2) is 41.4 Å². The van der Waals surface area contributed by atoms with Gasteiger partial charge in [-0.25, -0.2) is 0 Å². The number of rotatable bonds is 3. The summed E-state index contributed by atoms with van der Waals surface area (Å²) in [6, 6.07) is 10.4. The van der Waals surface area contributed by atoms with Crippen LogP contribution in [0, 0.1) is 0 Å². The highest BCUT2D eigenvalue weighted by molar-refractivity contribution is 14.0. The minimum absolute atomic E-state index is 0. The molecule has 1 fully saturated rings.